The molecular formula is C19H28F3NO3. The molecule has 4 nitrogen and oxygen atoms in total. The molecule has 0 saturated heterocycles. The van der Waals surface area contributed by atoms with Crippen molar-refractivity contribution in [3.05, 3.63) is 12.2 Å². The molecule has 0 aromatic rings. The standard InChI is InChI=1S/C19H28F3NO3/c1-18(2)12-10-14(18)13(8-6-4-5-7-9-16(24)26-3)15(11-12)23-17(25)19(20,21)22/h4,6,12-15H,5,7-11H2,1-3H3,(H,23,25)/b6-4-/t12?,13-,14?,15-/m0/s1. The highest BCUT2D eigenvalue weighted by molar-refractivity contribution is 5.82. The minimum Gasteiger partial charge on any atom is -0.469 e. The smallest absolute Gasteiger partial charge is 0.469 e. The van der Waals surface area contributed by atoms with Crippen LogP contribution in [0, 0.1) is 23.2 Å². The molecule has 2 bridgehead atoms. The third kappa shape index (κ3) is 4.60. The molecule has 3 aliphatic rings. The third-order valence-corrected chi connectivity index (χ3v) is 6.25. The van der Waals surface area contributed by atoms with Gasteiger partial charge in [0.15, 0.2) is 0 Å². The zero-order valence-corrected chi connectivity index (χ0v) is 15.6. The number of esters is 1. The number of halogens is 3. The van der Waals surface area contributed by atoms with E-state index >= 15 is 0 Å². The Labute approximate surface area is 152 Å². The molecule has 0 aliphatic heterocycles. The molecule has 0 aromatic heterocycles. The lowest BCUT2D eigenvalue weighted by Gasteiger charge is -2.62. The van der Waals surface area contributed by atoms with Gasteiger partial charge in [-0.15, -0.1) is 0 Å². The van der Waals surface area contributed by atoms with E-state index in [1.54, 1.807) is 0 Å². The molecule has 2 unspecified atom stereocenters. The number of rotatable bonds is 7. The van der Waals surface area contributed by atoms with Crippen LogP contribution < -0.4 is 5.32 Å². The summed E-state index contributed by atoms with van der Waals surface area (Å²) >= 11 is 0. The summed E-state index contributed by atoms with van der Waals surface area (Å²) in [6.07, 6.45) is 3.11. The van der Waals surface area contributed by atoms with Crippen molar-refractivity contribution in [3.8, 4) is 0 Å². The Kier molecular flexibility index (Phi) is 6.40. The summed E-state index contributed by atoms with van der Waals surface area (Å²) in [5.41, 5.74) is 0.114. The van der Waals surface area contributed by atoms with Crippen molar-refractivity contribution in [2.45, 2.75) is 64.6 Å². The quantitative estimate of drug-likeness (QED) is 0.416. The molecule has 4 atom stereocenters. The highest BCUT2D eigenvalue weighted by Gasteiger charge is 2.58. The maximum atomic E-state index is 12.6. The summed E-state index contributed by atoms with van der Waals surface area (Å²) in [6, 6.07) is -0.430. The summed E-state index contributed by atoms with van der Waals surface area (Å²) < 4.78 is 42.4. The number of methoxy groups -OCH3 is 1. The van der Waals surface area contributed by atoms with Crippen LogP contribution in [-0.4, -0.2) is 31.2 Å². The first-order valence-corrected chi connectivity index (χ1v) is 9.16. The van der Waals surface area contributed by atoms with Gasteiger partial charge in [0.25, 0.3) is 0 Å². The van der Waals surface area contributed by atoms with Crippen LogP contribution in [0.5, 0.6) is 0 Å². The second-order valence-corrected chi connectivity index (χ2v) is 8.01. The minimum atomic E-state index is -4.84. The molecular weight excluding hydrogens is 347 g/mol. The van der Waals surface area contributed by atoms with Crippen LogP contribution in [0.3, 0.4) is 0 Å². The van der Waals surface area contributed by atoms with Crippen molar-refractivity contribution in [1.29, 1.82) is 0 Å². The highest BCUT2D eigenvalue weighted by atomic mass is 19.4. The molecule has 3 fully saturated rings. The molecule has 0 heterocycles. The van der Waals surface area contributed by atoms with Gasteiger partial charge in [-0.3, -0.25) is 9.59 Å². The van der Waals surface area contributed by atoms with Gasteiger partial charge in [-0.05, 0) is 55.3 Å². The molecule has 7 heteroatoms. The Balaban J connectivity index is 1.92. The van der Waals surface area contributed by atoms with Gasteiger partial charge in [-0.2, -0.15) is 13.2 Å². The second kappa shape index (κ2) is 8.01. The zero-order valence-electron chi connectivity index (χ0n) is 15.6. The minimum absolute atomic E-state index is 0.0122. The first-order valence-electron chi connectivity index (χ1n) is 9.16. The predicted octanol–water partition coefficient (Wildman–Crippen LogP) is 4.01. The number of alkyl halides is 3. The molecule has 3 saturated carbocycles. The van der Waals surface area contributed by atoms with Gasteiger partial charge in [0, 0.05) is 12.5 Å². The Morgan fingerprint density at radius 2 is 1.92 bits per heavy atom. The maximum Gasteiger partial charge on any atom is 0.471 e. The number of ether oxygens (including phenoxy) is 1. The van der Waals surface area contributed by atoms with Gasteiger partial charge in [0.2, 0.25) is 0 Å². The lowest BCUT2D eigenvalue weighted by molar-refractivity contribution is -0.179. The van der Waals surface area contributed by atoms with Gasteiger partial charge >= 0.3 is 18.1 Å². The highest BCUT2D eigenvalue weighted by Crippen LogP contribution is 2.62. The van der Waals surface area contributed by atoms with E-state index in [0.29, 0.717) is 37.5 Å². The largest absolute Gasteiger partial charge is 0.471 e. The van der Waals surface area contributed by atoms with Gasteiger partial charge in [0.05, 0.1) is 7.11 Å². The van der Waals surface area contributed by atoms with Crippen molar-refractivity contribution in [2.24, 2.45) is 23.2 Å². The molecule has 148 valence electrons. The van der Waals surface area contributed by atoms with E-state index in [-0.39, 0.29) is 17.3 Å². The summed E-state index contributed by atoms with van der Waals surface area (Å²) in [5.74, 6) is -1.39. The molecule has 0 aromatic carbocycles. The second-order valence-electron chi connectivity index (χ2n) is 8.01. The first kappa shape index (κ1) is 20.8. The number of hydrogen-bond donors (Lipinski definition) is 1. The maximum absolute atomic E-state index is 12.6. The van der Waals surface area contributed by atoms with E-state index in [1.165, 1.54) is 7.11 Å². The zero-order chi connectivity index (χ0) is 19.5. The summed E-state index contributed by atoms with van der Waals surface area (Å²) in [7, 11) is 1.35. The van der Waals surface area contributed by atoms with Gasteiger partial charge in [-0.25, -0.2) is 0 Å². The number of carbonyl (C=O) groups excluding carboxylic acids is 2. The summed E-state index contributed by atoms with van der Waals surface area (Å²) in [5, 5.41) is 2.22. The lowest BCUT2D eigenvalue weighted by Crippen LogP contribution is -2.62. The van der Waals surface area contributed by atoms with Gasteiger partial charge in [0.1, 0.15) is 0 Å². The Morgan fingerprint density at radius 3 is 2.50 bits per heavy atom. The fourth-order valence-electron chi connectivity index (χ4n) is 4.53. The number of nitrogens with one attached hydrogen (secondary N) is 1. The number of fused-ring (bicyclic) bond motifs is 2. The monoisotopic (exact) mass is 375 g/mol. The summed E-state index contributed by atoms with van der Waals surface area (Å²) in [6.45, 7) is 4.33. The summed E-state index contributed by atoms with van der Waals surface area (Å²) in [4.78, 5) is 22.4. The number of carbonyl (C=O) groups is 2. The lowest BCUT2D eigenvalue weighted by atomic mass is 9.44. The average Bonchev–Trinajstić information content (AvgIpc) is 2.57. The third-order valence-electron chi connectivity index (χ3n) is 6.25. The van der Waals surface area contributed by atoms with E-state index in [9.17, 15) is 22.8 Å². The van der Waals surface area contributed by atoms with Crippen LogP contribution in [0.4, 0.5) is 13.2 Å². The fraction of sp³-hybridized carbons (Fsp3) is 0.789. The number of allylic oxidation sites excluding steroid dienone is 2. The van der Waals surface area contributed by atoms with Crippen LogP contribution in [0.1, 0.15) is 52.4 Å². The topological polar surface area (TPSA) is 55.4 Å². The van der Waals surface area contributed by atoms with Gasteiger partial charge < -0.3 is 10.1 Å². The normalized spacial score (nSPS) is 29.9. The molecule has 3 aliphatic carbocycles. The van der Waals surface area contributed by atoms with Crippen LogP contribution in [-0.2, 0) is 14.3 Å². The van der Waals surface area contributed by atoms with E-state index in [4.69, 9.17) is 0 Å². The molecule has 0 radical (unpaired) electrons. The van der Waals surface area contributed by atoms with Crippen molar-refractivity contribution < 1.29 is 27.5 Å². The molecule has 1 N–H and O–H groups in total. The van der Waals surface area contributed by atoms with Crippen molar-refractivity contribution >= 4 is 11.9 Å². The van der Waals surface area contributed by atoms with Crippen molar-refractivity contribution in [1.82, 2.24) is 5.32 Å². The van der Waals surface area contributed by atoms with E-state index < -0.39 is 18.1 Å². The predicted molar refractivity (Wildman–Crippen MR) is 91.1 cm³/mol. The van der Waals surface area contributed by atoms with Crippen molar-refractivity contribution in [2.75, 3.05) is 7.11 Å². The van der Waals surface area contributed by atoms with Crippen LogP contribution in [0.2, 0.25) is 0 Å². The number of amides is 1. The molecule has 0 spiro atoms. The van der Waals surface area contributed by atoms with Gasteiger partial charge in [-0.1, -0.05) is 26.0 Å². The first-order chi connectivity index (χ1) is 12.1. The van der Waals surface area contributed by atoms with Crippen LogP contribution >= 0.6 is 0 Å². The van der Waals surface area contributed by atoms with E-state index in [0.717, 1.165) is 12.8 Å². The van der Waals surface area contributed by atoms with Crippen molar-refractivity contribution in [3.63, 3.8) is 0 Å². The Bertz CT molecular complexity index is 557. The SMILES string of the molecule is COC(=O)CCC/C=C\C[C@H]1C2CC(C[C@@H]1NC(=O)C(F)(F)F)C2(C)C. The van der Waals surface area contributed by atoms with E-state index in [1.807, 2.05) is 12.2 Å². The Hall–Kier alpha value is -1.53. The average molecular weight is 375 g/mol. The molecule has 3 rings (SSSR count). The van der Waals surface area contributed by atoms with Crippen LogP contribution in [0.15, 0.2) is 12.2 Å². The number of unbranched alkanes of at least 4 members (excludes halogenated alkanes) is 1. The van der Waals surface area contributed by atoms with E-state index in [2.05, 4.69) is 23.9 Å². The van der Waals surface area contributed by atoms with Crippen LogP contribution in [0.25, 0.3) is 0 Å². The number of hydrogen-bond acceptors (Lipinski definition) is 3. The molecule has 26 heavy (non-hydrogen) atoms. The fourth-order valence-corrected chi connectivity index (χ4v) is 4.53. The Morgan fingerprint density at radius 1 is 1.23 bits per heavy atom. The molecule has 1 amide bonds.